The minimum absolute atomic E-state index is 0.191. The maximum absolute atomic E-state index is 14.4. The Balaban J connectivity index is 1.97. The number of piperidine rings is 1. The summed E-state index contributed by atoms with van der Waals surface area (Å²) in [6, 6.07) is 1.19. The molecule has 0 saturated carbocycles. The second kappa shape index (κ2) is 7.38. The lowest BCUT2D eigenvalue weighted by atomic mass is 10.0. The molecule has 1 fully saturated rings. The van der Waals surface area contributed by atoms with Gasteiger partial charge in [0.1, 0.15) is 16.9 Å². The number of nitrogens with zero attached hydrogens (tertiary/aromatic N) is 2. The SMILES string of the molecule is CC(C)(C)OC(=O)N[C@H]1CCN(c2cc(Cl)ncc2I)C[C@H]1F. The van der Waals surface area contributed by atoms with Gasteiger partial charge in [-0.1, -0.05) is 11.6 Å². The van der Waals surface area contributed by atoms with Crippen molar-refractivity contribution in [3.63, 3.8) is 0 Å². The van der Waals surface area contributed by atoms with Crippen molar-refractivity contribution >= 4 is 46.0 Å². The van der Waals surface area contributed by atoms with Crippen LogP contribution in [-0.2, 0) is 4.74 Å². The van der Waals surface area contributed by atoms with Crippen LogP contribution >= 0.6 is 34.2 Å². The average molecular weight is 456 g/mol. The van der Waals surface area contributed by atoms with Crippen LogP contribution in [0.4, 0.5) is 14.9 Å². The molecule has 1 aromatic rings. The maximum Gasteiger partial charge on any atom is 0.407 e. The van der Waals surface area contributed by atoms with Crippen LogP contribution in [0.1, 0.15) is 27.2 Å². The van der Waals surface area contributed by atoms with Crippen LogP contribution < -0.4 is 10.2 Å². The zero-order valence-corrected chi connectivity index (χ0v) is 16.2. The molecule has 2 atom stereocenters. The van der Waals surface area contributed by atoms with Crippen LogP contribution in [0.2, 0.25) is 5.15 Å². The molecule has 1 N–H and O–H groups in total. The van der Waals surface area contributed by atoms with Crippen molar-refractivity contribution in [3.8, 4) is 0 Å². The first-order chi connectivity index (χ1) is 10.7. The molecule has 1 aliphatic rings. The second-order valence-corrected chi connectivity index (χ2v) is 8.01. The second-order valence-electron chi connectivity index (χ2n) is 6.46. The van der Waals surface area contributed by atoms with Gasteiger partial charge in [-0.05, 0) is 55.8 Å². The lowest BCUT2D eigenvalue weighted by molar-refractivity contribution is 0.0463. The molecule has 0 radical (unpaired) electrons. The predicted octanol–water partition coefficient (Wildman–Crippen LogP) is 3.78. The molecular weight excluding hydrogens is 436 g/mol. The Morgan fingerprint density at radius 1 is 1.57 bits per heavy atom. The van der Waals surface area contributed by atoms with E-state index >= 15 is 0 Å². The van der Waals surface area contributed by atoms with E-state index in [0.29, 0.717) is 18.1 Å². The Morgan fingerprint density at radius 3 is 2.87 bits per heavy atom. The number of pyridine rings is 1. The summed E-state index contributed by atoms with van der Waals surface area (Å²) in [4.78, 5) is 17.7. The summed E-state index contributed by atoms with van der Waals surface area (Å²) in [6.07, 6.45) is 0.395. The van der Waals surface area contributed by atoms with Crippen molar-refractivity contribution < 1.29 is 13.9 Å². The number of anilines is 1. The van der Waals surface area contributed by atoms with Gasteiger partial charge < -0.3 is 15.0 Å². The molecule has 1 amide bonds. The van der Waals surface area contributed by atoms with Gasteiger partial charge in [-0.2, -0.15) is 0 Å². The Hall–Kier alpha value is -0.830. The summed E-state index contributed by atoms with van der Waals surface area (Å²) in [5, 5.41) is 3.00. The van der Waals surface area contributed by atoms with Crippen molar-refractivity contribution in [1.82, 2.24) is 10.3 Å². The Bertz CT molecular complexity index is 582. The number of aromatic nitrogens is 1. The third-order valence-electron chi connectivity index (χ3n) is 3.39. The van der Waals surface area contributed by atoms with Crippen LogP contribution in [0.5, 0.6) is 0 Å². The summed E-state index contributed by atoms with van der Waals surface area (Å²) >= 11 is 8.07. The zero-order valence-electron chi connectivity index (χ0n) is 13.3. The van der Waals surface area contributed by atoms with E-state index < -0.39 is 23.9 Å². The highest BCUT2D eigenvalue weighted by Crippen LogP contribution is 2.28. The zero-order chi connectivity index (χ0) is 17.2. The number of ether oxygens (including phenoxy) is 1. The number of carbonyl (C=O) groups excluding carboxylic acids is 1. The minimum Gasteiger partial charge on any atom is -0.444 e. The van der Waals surface area contributed by atoms with Gasteiger partial charge in [0, 0.05) is 12.7 Å². The fourth-order valence-corrected chi connectivity index (χ4v) is 3.18. The van der Waals surface area contributed by atoms with E-state index in [0.717, 1.165) is 9.26 Å². The fraction of sp³-hybridized carbons (Fsp3) is 0.600. The van der Waals surface area contributed by atoms with E-state index in [1.165, 1.54) is 0 Å². The number of halogens is 3. The summed E-state index contributed by atoms with van der Waals surface area (Å²) in [7, 11) is 0. The molecule has 1 aliphatic heterocycles. The maximum atomic E-state index is 14.4. The van der Waals surface area contributed by atoms with Gasteiger partial charge in [0.15, 0.2) is 0 Å². The van der Waals surface area contributed by atoms with Crippen LogP contribution in [0.25, 0.3) is 0 Å². The number of hydrogen-bond donors (Lipinski definition) is 1. The van der Waals surface area contributed by atoms with Crippen molar-refractivity contribution in [2.24, 2.45) is 0 Å². The largest absolute Gasteiger partial charge is 0.444 e. The van der Waals surface area contributed by atoms with Gasteiger partial charge >= 0.3 is 6.09 Å². The number of amides is 1. The van der Waals surface area contributed by atoms with Crippen molar-refractivity contribution in [3.05, 3.63) is 21.0 Å². The van der Waals surface area contributed by atoms with Crippen LogP contribution in [0, 0.1) is 3.57 Å². The van der Waals surface area contributed by atoms with Crippen molar-refractivity contribution in [2.75, 3.05) is 18.0 Å². The highest BCUT2D eigenvalue weighted by molar-refractivity contribution is 14.1. The highest BCUT2D eigenvalue weighted by Gasteiger charge is 2.32. The molecule has 1 aromatic heterocycles. The standard InChI is InChI=1S/C15H20ClFIN3O2/c1-15(2,3)23-14(22)20-11-4-5-21(8-9(11)17)12-6-13(16)19-7-10(12)18/h6-7,9,11H,4-5,8H2,1-3H3,(H,20,22)/t9-,11+/m1/s1. The predicted molar refractivity (Wildman–Crippen MR) is 96.8 cm³/mol. The number of hydrogen-bond acceptors (Lipinski definition) is 4. The summed E-state index contributed by atoms with van der Waals surface area (Å²) in [5.74, 6) is 0. The molecule has 23 heavy (non-hydrogen) atoms. The lowest BCUT2D eigenvalue weighted by Crippen LogP contribution is -2.53. The average Bonchev–Trinajstić information content (AvgIpc) is 2.42. The summed E-state index contributed by atoms with van der Waals surface area (Å²) in [5.41, 5.74) is 0.268. The fourth-order valence-electron chi connectivity index (χ4n) is 2.39. The quantitative estimate of drug-likeness (QED) is 0.545. The first-order valence-corrected chi connectivity index (χ1v) is 8.81. The first kappa shape index (κ1) is 18.5. The normalized spacial score (nSPS) is 21.9. The van der Waals surface area contributed by atoms with Gasteiger partial charge in [0.05, 0.1) is 21.8 Å². The van der Waals surface area contributed by atoms with Crippen molar-refractivity contribution in [1.29, 1.82) is 0 Å². The van der Waals surface area contributed by atoms with E-state index in [1.807, 2.05) is 4.90 Å². The molecule has 2 heterocycles. The molecule has 0 unspecified atom stereocenters. The van der Waals surface area contributed by atoms with E-state index in [9.17, 15) is 9.18 Å². The number of alkyl carbamates (subject to hydrolysis) is 1. The molecule has 8 heteroatoms. The smallest absolute Gasteiger partial charge is 0.407 e. The van der Waals surface area contributed by atoms with Gasteiger partial charge in [-0.15, -0.1) is 0 Å². The lowest BCUT2D eigenvalue weighted by Gasteiger charge is -2.37. The molecule has 1 saturated heterocycles. The molecule has 0 aliphatic carbocycles. The molecule has 128 valence electrons. The Morgan fingerprint density at radius 2 is 2.26 bits per heavy atom. The van der Waals surface area contributed by atoms with Crippen LogP contribution in [-0.4, -0.2) is 42.0 Å². The van der Waals surface area contributed by atoms with E-state index in [1.54, 1.807) is 33.0 Å². The molecule has 5 nitrogen and oxygen atoms in total. The number of rotatable bonds is 2. The van der Waals surface area contributed by atoms with Crippen LogP contribution in [0.15, 0.2) is 12.3 Å². The van der Waals surface area contributed by atoms with Crippen LogP contribution in [0.3, 0.4) is 0 Å². The number of carbonyl (C=O) groups is 1. The third kappa shape index (κ3) is 5.34. The molecule has 2 rings (SSSR count). The monoisotopic (exact) mass is 455 g/mol. The van der Waals surface area contributed by atoms with E-state index in [2.05, 4.69) is 32.9 Å². The van der Waals surface area contributed by atoms with Gasteiger partial charge in [0.2, 0.25) is 0 Å². The molecule has 0 spiro atoms. The number of nitrogens with one attached hydrogen (secondary N) is 1. The molecule has 0 bridgehead atoms. The molecule has 0 aromatic carbocycles. The molecular formula is C15H20ClFIN3O2. The van der Waals surface area contributed by atoms with Crippen molar-refractivity contribution in [2.45, 2.75) is 45.0 Å². The Kier molecular flexibility index (Phi) is 5.94. The van der Waals surface area contributed by atoms with E-state index in [-0.39, 0.29) is 6.54 Å². The summed E-state index contributed by atoms with van der Waals surface area (Å²) in [6.45, 7) is 6.14. The van der Waals surface area contributed by atoms with Gasteiger partial charge in [0.25, 0.3) is 0 Å². The third-order valence-corrected chi connectivity index (χ3v) is 4.42. The number of alkyl halides is 1. The highest BCUT2D eigenvalue weighted by atomic mass is 127. The van der Waals surface area contributed by atoms with Gasteiger partial charge in [-0.3, -0.25) is 0 Å². The minimum atomic E-state index is -1.18. The Labute approximate surface area is 154 Å². The topological polar surface area (TPSA) is 54.5 Å². The summed E-state index contributed by atoms with van der Waals surface area (Å²) < 4.78 is 20.5. The van der Waals surface area contributed by atoms with E-state index in [4.69, 9.17) is 16.3 Å². The first-order valence-electron chi connectivity index (χ1n) is 7.35. The van der Waals surface area contributed by atoms with Gasteiger partial charge in [-0.25, -0.2) is 14.2 Å².